The number of ether oxygens (including phenoxy) is 1. The number of thiazole rings is 1. The van der Waals surface area contributed by atoms with Crippen molar-refractivity contribution in [3.63, 3.8) is 0 Å². The van der Waals surface area contributed by atoms with E-state index in [1.807, 2.05) is 41.1 Å². The lowest BCUT2D eigenvalue weighted by Gasteiger charge is -2.01. The molecule has 124 valence electrons. The molecule has 5 nitrogen and oxygen atoms in total. The van der Waals surface area contributed by atoms with Crippen LogP contribution in [-0.4, -0.2) is 17.5 Å². The molecule has 3 aromatic rings. The van der Waals surface area contributed by atoms with Crippen molar-refractivity contribution in [3.8, 4) is 22.4 Å². The molecular formula is C18H13N3O2S2. The maximum atomic E-state index is 12.0. The Hall–Kier alpha value is -2.95. The van der Waals surface area contributed by atoms with Gasteiger partial charge in [-0.05, 0) is 35.2 Å². The Morgan fingerprint density at radius 2 is 2.12 bits per heavy atom. The fraction of sp³-hybridized carbons (Fsp3) is 0.0556. The summed E-state index contributed by atoms with van der Waals surface area (Å²) < 4.78 is 5.18. The Morgan fingerprint density at radius 3 is 2.84 bits per heavy atom. The molecule has 0 aliphatic heterocycles. The highest BCUT2D eigenvalue weighted by Crippen LogP contribution is 2.28. The number of amides is 1. The first-order chi connectivity index (χ1) is 12.2. The van der Waals surface area contributed by atoms with Crippen molar-refractivity contribution in [1.29, 1.82) is 5.26 Å². The second-order valence-corrected chi connectivity index (χ2v) is 6.66. The Morgan fingerprint density at radius 1 is 1.28 bits per heavy atom. The van der Waals surface area contributed by atoms with Crippen LogP contribution in [-0.2, 0) is 4.79 Å². The molecule has 2 heterocycles. The molecular weight excluding hydrogens is 354 g/mol. The third-order valence-electron chi connectivity index (χ3n) is 3.12. The van der Waals surface area contributed by atoms with Crippen LogP contribution in [0.5, 0.6) is 5.75 Å². The van der Waals surface area contributed by atoms with Gasteiger partial charge in [0.1, 0.15) is 11.8 Å². The lowest BCUT2D eigenvalue weighted by Crippen LogP contribution is -2.07. The molecule has 0 fully saturated rings. The molecule has 7 heteroatoms. The zero-order chi connectivity index (χ0) is 17.5. The van der Waals surface area contributed by atoms with E-state index in [-0.39, 0.29) is 12.5 Å². The quantitative estimate of drug-likeness (QED) is 0.654. The van der Waals surface area contributed by atoms with Gasteiger partial charge in [0.15, 0.2) is 11.7 Å². The Labute approximate surface area is 152 Å². The second kappa shape index (κ2) is 8.24. The molecule has 0 unspecified atom stereocenters. The minimum atomic E-state index is -0.239. The van der Waals surface area contributed by atoms with Gasteiger partial charge in [-0.25, -0.2) is 4.98 Å². The summed E-state index contributed by atoms with van der Waals surface area (Å²) >= 11 is 3.01. The number of hydrogen-bond donors (Lipinski definition) is 1. The maximum Gasteiger partial charge on any atom is 0.250 e. The number of nitrogens with zero attached hydrogens (tertiary/aromatic N) is 2. The van der Waals surface area contributed by atoms with Crippen LogP contribution >= 0.6 is 22.7 Å². The Balaban J connectivity index is 1.57. The van der Waals surface area contributed by atoms with Gasteiger partial charge >= 0.3 is 0 Å². The molecule has 25 heavy (non-hydrogen) atoms. The summed E-state index contributed by atoms with van der Waals surface area (Å²) in [5.74, 6) is 0.379. The number of nitrogens with one attached hydrogen (secondary N) is 1. The lowest BCUT2D eigenvalue weighted by molar-refractivity contribution is -0.111. The van der Waals surface area contributed by atoms with Crippen molar-refractivity contribution in [1.82, 2.24) is 4.98 Å². The predicted octanol–water partition coefficient (Wildman–Crippen LogP) is 4.43. The SMILES string of the molecule is N#CCOc1ccc(C=CC(=O)Nc2nc(-c3cccs3)cs2)cc1. The van der Waals surface area contributed by atoms with E-state index in [4.69, 9.17) is 10.00 Å². The third kappa shape index (κ3) is 4.76. The van der Waals surface area contributed by atoms with Gasteiger partial charge in [0.05, 0.1) is 10.6 Å². The zero-order valence-electron chi connectivity index (χ0n) is 13.0. The van der Waals surface area contributed by atoms with Crippen molar-refractivity contribution in [2.45, 2.75) is 0 Å². The molecule has 0 radical (unpaired) electrons. The second-order valence-electron chi connectivity index (χ2n) is 4.85. The molecule has 0 atom stereocenters. The van der Waals surface area contributed by atoms with E-state index in [2.05, 4.69) is 10.3 Å². The van der Waals surface area contributed by atoms with Crippen LogP contribution in [0.1, 0.15) is 5.56 Å². The van der Waals surface area contributed by atoms with Crippen LogP contribution in [0.3, 0.4) is 0 Å². The number of thiophene rings is 1. The molecule has 0 aliphatic rings. The summed E-state index contributed by atoms with van der Waals surface area (Å²) in [5.41, 5.74) is 1.73. The van der Waals surface area contributed by atoms with Gasteiger partial charge in [-0.3, -0.25) is 10.1 Å². The van der Waals surface area contributed by atoms with Gasteiger partial charge in [0, 0.05) is 11.5 Å². The highest BCUT2D eigenvalue weighted by Gasteiger charge is 2.06. The van der Waals surface area contributed by atoms with Crippen molar-refractivity contribution in [2.24, 2.45) is 0 Å². The number of carbonyl (C=O) groups is 1. The van der Waals surface area contributed by atoms with Crippen molar-refractivity contribution in [3.05, 3.63) is 58.8 Å². The summed E-state index contributed by atoms with van der Waals surface area (Å²) in [6.45, 7) is 0.0128. The van der Waals surface area contributed by atoms with Crippen molar-refractivity contribution in [2.75, 3.05) is 11.9 Å². The molecule has 1 aromatic carbocycles. The minimum absolute atomic E-state index is 0.0128. The summed E-state index contributed by atoms with van der Waals surface area (Å²) in [7, 11) is 0. The van der Waals surface area contributed by atoms with Crippen LogP contribution in [0.25, 0.3) is 16.6 Å². The Kier molecular flexibility index (Phi) is 5.57. The average molecular weight is 367 g/mol. The van der Waals surface area contributed by atoms with Crippen LogP contribution in [0.15, 0.2) is 53.2 Å². The molecule has 2 aromatic heterocycles. The van der Waals surface area contributed by atoms with E-state index < -0.39 is 0 Å². The van der Waals surface area contributed by atoms with E-state index >= 15 is 0 Å². The first-order valence-corrected chi connectivity index (χ1v) is 9.09. The molecule has 0 saturated carbocycles. The molecule has 0 saturated heterocycles. The van der Waals surface area contributed by atoms with Crippen molar-refractivity contribution < 1.29 is 9.53 Å². The number of aromatic nitrogens is 1. The molecule has 1 N–H and O–H groups in total. The van der Waals surface area contributed by atoms with E-state index in [0.717, 1.165) is 16.1 Å². The fourth-order valence-electron chi connectivity index (χ4n) is 1.98. The molecule has 0 aliphatic carbocycles. The molecule has 0 spiro atoms. The van der Waals surface area contributed by atoms with Crippen LogP contribution in [0.4, 0.5) is 5.13 Å². The highest BCUT2D eigenvalue weighted by molar-refractivity contribution is 7.16. The number of benzene rings is 1. The smallest absolute Gasteiger partial charge is 0.250 e. The predicted molar refractivity (Wildman–Crippen MR) is 101 cm³/mol. The maximum absolute atomic E-state index is 12.0. The van der Waals surface area contributed by atoms with E-state index in [9.17, 15) is 4.79 Å². The van der Waals surface area contributed by atoms with Crippen LogP contribution in [0, 0.1) is 11.3 Å². The van der Waals surface area contributed by atoms with Crippen molar-refractivity contribution >= 4 is 39.8 Å². The number of rotatable bonds is 6. The number of carbonyl (C=O) groups excluding carboxylic acids is 1. The summed E-state index contributed by atoms with van der Waals surface area (Å²) in [5, 5.41) is 15.7. The van der Waals surface area contributed by atoms with Gasteiger partial charge in [0.2, 0.25) is 5.91 Å². The average Bonchev–Trinajstić information content (AvgIpc) is 3.30. The standard InChI is InChI=1S/C18H13N3O2S2/c19-9-10-23-14-6-3-13(4-7-14)5-8-17(22)21-18-20-15(12-25-18)16-2-1-11-24-16/h1-8,11-12H,10H2,(H,20,21,22). The van der Waals surface area contributed by atoms with E-state index in [1.54, 1.807) is 29.5 Å². The van der Waals surface area contributed by atoms with E-state index in [0.29, 0.717) is 10.9 Å². The van der Waals surface area contributed by atoms with Gasteiger partial charge in [-0.1, -0.05) is 18.2 Å². The highest BCUT2D eigenvalue weighted by atomic mass is 32.1. The number of anilines is 1. The lowest BCUT2D eigenvalue weighted by atomic mass is 10.2. The van der Waals surface area contributed by atoms with Crippen LogP contribution in [0.2, 0.25) is 0 Å². The monoisotopic (exact) mass is 367 g/mol. The van der Waals surface area contributed by atoms with Crippen LogP contribution < -0.4 is 10.1 Å². The first kappa shape index (κ1) is 16.9. The minimum Gasteiger partial charge on any atom is -0.479 e. The molecule has 1 amide bonds. The van der Waals surface area contributed by atoms with Gasteiger partial charge in [0.25, 0.3) is 0 Å². The summed E-state index contributed by atoms with van der Waals surface area (Å²) in [4.78, 5) is 17.5. The summed E-state index contributed by atoms with van der Waals surface area (Å²) in [6.07, 6.45) is 3.16. The fourth-order valence-corrected chi connectivity index (χ4v) is 3.45. The van der Waals surface area contributed by atoms with Gasteiger partial charge in [-0.15, -0.1) is 22.7 Å². The van der Waals surface area contributed by atoms with Gasteiger partial charge < -0.3 is 4.74 Å². The third-order valence-corrected chi connectivity index (χ3v) is 4.77. The normalized spacial score (nSPS) is 10.5. The summed E-state index contributed by atoms with van der Waals surface area (Å²) in [6, 6.07) is 13.0. The number of hydrogen-bond acceptors (Lipinski definition) is 6. The topological polar surface area (TPSA) is 75.0 Å². The van der Waals surface area contributed by atoms with Gasteiger partial charge in [-0.2, -0.15) is 5.26 Å². The molecule has 3 rings (SSSR count). The largest absolute Gasteiger partial charge is 0.479 e. The zero-order valence-corrected chi connectivity index (χ0v) is 14.6. The number of nitriles is 1. The van der Waals surface area contributed by atoms with E-state index in [1.165, 1.54) is 17.4 Å². The first-order valence-electron chi connectivity index (χ1n) is 7.33. The Bertz CT molecular complexity index is 907. The molecule has 0 bridgehead atoms.